The SMILES string of the molecule is CC=CC(=O)NCCCCCNC. The number of nitrogens with one attached hydrogen (secondary N) is 2. The van der Waals surface area contributed by atoms with Crippen LogP contribution in [0.1, 0.15) is 26.2 Å². The number of allylic oxidation sites excluding steroid dienone is 1. The number of hydrogen-bond acceptors (Lipinski definition) is 2. The maximum Gasteiger partial charge on any atom is 0.243 e. The Morgan fingerprint density at radius 2 is 1.92 bits per heavy atom. The van der Waals surface area contributed by atoms with Gasteiger partial charge in [-0.2, -0.15) is 0 Å². The Kier molecular flexibility index (Phi) is 8.67. The summed E-state index contributed by atoms with van der Waals surface area (Å²) in [7, 11) is 1.95. The highest BCUT2D eigenvalue weighted by Gasteiger charge is 1.92. The topological polar surface area (TPSA) is 41.1 Å². The molecule has 0 aliphatic heterocycles. The average molecular weight is 184 g/mol. The normalized spacial score (nSPS) is 10.6. The van der Waals surface area contributed by atoms with Crippen molar-refractivity contribution in [1.29, 1.82) is 0 Å². The lowest BCUT2D eigenvalue weighted by molar-refractivity contribution is -0.116. The number of rotatable bonds is 7. The van der Waals surface area contributed by atoms with Gasteiger partial charge >= 0.3 is 0 Å². The molecule has 76 valence electrons. The molecule has 3 heteroatoms. The van der Waals surface area contributed by atoms with E-state index in [-0.39, 0.29) is 5.91 Å². The van der Waals surface area contributed by atoms with Crippen LogP contribution >= 0.6 is 0 Å². The van der Waals surface area contributed by atoms with Gasteiger partial charge in [0.2, 0.25) is 5.91 Å². The molecule has 0 aliphatic rings. The maximum atomic E-state index is 10.9. The van der Waals surface area contributed by atoms with Crippen LogP contribution in [0.15, 0.2) is 12.2 Å². The van der Waals surface area contributed by atoms with Gasteiger partial charge in [0.05, 0.1) is 0 Å². The van der Waals surface area contributed by atoms with Gasteiger partial charge in [-0.15, -0.1) is 0 Å². The third-order valence-electron chi connectivity index (χ3n) is 1.72. The molecule has 0 atom stereocenters. The summed E-state index contributed by atoms with van der Waals surface area (Å²) in [6.07, 6.45) is 6.70. The van der Waals surface area contributed by atoms with Crippen molar-refractivity contribution in [2.24, 2.45) is 0 Å². The van der Waals surface area contributed by atoms with Crippen molar-refractivity contribution in [2.45, 2.75) is 26.2 Å². The van der Waals surface area contributed by atoms with E-state index in [1.54, 1.807) is 12.2 Å². The molecule has 1 amide bonds. The van der Waals surface area contributed by atoms with Gasteiger partial charge in [-0.25, -0.2) is 0 Å². The van der Waals surface area contributed by atoms with Gasteiger partial charge in [0.1, 0.15) is 0 Å². The standard InChI is InChI=1S/C10H20N2O/c1-3-7-10(13)12-9-6-4-5-8-11-2/h3,7,11H,4-6,8-9H2,1-2H3,(H,12,13). The summed E-state index contributed by atoms with van der Waals surface area (Å²) in [6.45, 7) is 3.68. The Morgan fingerprint density at radius 3 is 2.54 bits per heavy atom. The third-order valence-corrected chi connectivity index (χ3v) is 1.72. The second-order valence-electron chi connectivity index (χ2n) is 2.96. The van der Waals surface area contributed by atoms with E-state index in [1.165, 1.54) is 6.42 Å². The predicted molar refractivity (Wildman–Crippen MR) is 55.6 cm³/mol. The van der Waals surface area contributed by atoms with Crippen molar-refractivity contribution in [3.8, 4) is 0 Å². The Bertz CT molecular complexity index is 155. The van der Waals surface area contributed by atoms with Gasteiger partial charge in [-0.05, 0) is 39.4 Å². The number of unbranched alkanes of at least 4 members (excludes halogenated alkanes) is 2. The van der Waals surface area contributed by atoms with Crippen molar-refractivity contribution in [3.05, 3.63) is 12.2 Å². The van der Waals surface area contributed by atoms with Crippen molar-refractivity contribution in [1.82, 2.24) is 10.6 Å². The Labute approximate surface area is 80.6 Å². The second-order valence-corrected chi connectivity index (χ2v) is 2.96. The van der Waals surface area contributed by atoms with Gasteiger partial charge in [0.25, 0.3) is 0 Å². The van der Waals surface area contributed by atoms with E-state index in [9.17, 15) is 4.79 Å². The predicted octanol–water partition coefficient (Wildman–Crippen LogP) is 1.07. The van der Waals surface area contributed by atoms with E-state index >= 15 is 0 Å². The first-order valence-electron chi connectivity index (χ1n) is 4.86. The molecule has 0 bridgehead atoms. The lowest BCUT2D eigenvalue weighted by atomic mass is 10.2. The number of carbonyl (C=O) groups excluding carboxylic acids is 1. The summed E-state index contributed by atoms with van der Waals surface area (Å²) in [5.41, 5.74) is 0. The van der Waals surface area contributed by atoms with E-state index in [1.807, 2.05) is 14.0 Å². The Morgan fingerprint density at radius 1 is 1.23 bits per heavy atom. The molecule has 0 heterocycles. The van der Waals surface area contributed by atoms with Crippen LogP contribution in [-0.2, 0) is 4.79 Å². The summed E-state index contributed by atoms with van der Waals surface area (Å²) in [6, 6.07) is 0. The van der Waals surface area contributed by atoms with Crippen LogP contribution in [0.3, 0.4) is 0 Å². The number of amides is 1. The van der Waals surface area contributed by atoms with E-state index in [0.29, 0.717) is 0 Å². The molecule has 0 radical (unpaired) electrons. The van der Waals surface area contributed by atoms with Gasteiger partial charge in [-0.3, -0.25) is 4.79 Å². The van der Waals surface area contributed by atoms with E-state index < -0.39 is 0 Å². The quantitative estimate of drug-likeness (QED) is 0.459. The molecular weight excluding hydrogens is 164 g/mol. The highest BCUT2D eigenvalue weighted by molar-refractivity contribution is 5.87. The zero-order valence-electron chi connectivity index (χ0n) is 8.60. The minimum Gasteiger partial charge on any atom is -0.353 e. The lowest BCUT2D eigenvalue weighted by Gasteiger charge is -2.01. The molecule has 3 nitrogen and oxygen atoms in total. The zero-order valence-corrected chi connectivity index (χ0v) is 8.60. The molecule has 0 aromatic carbocycles. The maximum absolute atomic E-state index is 10.9. The molecule has 0 spiro atoms. The van der Waals surface area contributed by atoms with Crippen molar-refractivity contribution in [3.63, 3.8) is 0 Å². The smallest absolute Gasteiger partial charge is 0.243 e. The number of carbonyl (C=O) groups is 1. The van der Waals surface area contributed by atoms with Gasteiger partial charge in [0.15, 0.2) is 0 Å². The summed E-state index contributed by atoms with van der Waals surface area (Å²) >= 11 is 0. The molecule has 0 unspecified atom stereocenters. The van der Waals surface area contributed by atoms with Gasteiger partial charge < -0.3 is 10.6 Å². The summed E-state index contributed by atoms with van der Waals surface area (Å²) in [5, 5.41) is 5.90. The van der Waals surface area contributed by atoms with Crippen LogP contribution in [0.2, 0.25) is 0 Å². The van der Waals surface area contributed by atoms with Crippen LogP contribution in [0.4, 0.5) is 0 Å². The Hall–Kier alpha value is -0.830. The molecule has 0 rings (SSSR count). The molecule has 0 aromatic heterocycles. The highest BCUT2D eigenvalue weighted by Crippen LogP contribution is 1.91. The first kappa shape index (κ1) is 12.2. The highest BCUT2D eigenvalue weighted by atomic mass is 16.1. The molecule has 0 aliphatic carbocycles. The van der Waals surface area contributed by atoms with Crippen LogP contribution in [0, 0.1) is 0 Å². The first-order chi connectivity index (χ1) is 6.31. The van der Waals surface area contributed by atoms with Gasteiger partial charge in [-0.1, -0.05) is 12.5 Å². The lowest BCUT2D eigenvalue weighted by Crippen LogP contribution is -2.22. The van der Waals surface area contributed by atoms with Crippen LogP contribution in [0.25, 0.3) is 0 Å². The fraction of sp³-hybridized carbons (Fsp3) is 0.700. The third kappa shape index (κ3) is 9.08. The van der Waals surface area contributed by atoms with Crippen LogP contribution < -0.4 is 10.6 Å². The van der Waals surface area contributed by atoms with E-state index in [2.05, 4.69) is 10.6 Å². The van der Waals surface area contributed by atoms with E-state index in [4.69, 9.17) is 0 Å². The Balaban J connectivity index is 3.11. The number of hydrogen-bond donors (Lipinski definition) is 2. The fourth-order valence-corrected chi connectivity index (χ4v) is 1.03. The van der Waals surface area contributed by atoms with Gasteiger partial charge in [0, 0.05) is 6.54 Å². The zero-order chi connectivity index (χ0) is 9.94. The van der Waals surface area contributed by atoms with Crippen molar-refractivity contribution >= 4 is 5.91 Å². The minimum atomic E-state index is 0.0103. The minimum absolute atomic E-state index is 0.0103. The van der Waals surface area contributed by atoms with E-state index in [0.717, 1.165) is 25.9 Å². The van der Waals surface area contributed by atoms with Crippen molar-refractivity contribution < 1.29 is 4.79 Å². The molecule has 13 heavy (non-hydrogen) atoms. The molecule has 0 saturated heterocycles. The molecule has 0 aromatic rings. The largest absolute Gasteiger partial charge is 0.353 e. The molecule has 0 saturated carbocycles. The van der Waals surface area contributed by atoms with Crippen molar-refractivity contribution in [2.75, 3.05) is 20.1 Å². The van der Waals surface area contributed by atoms with Crippen LogP contribution in [-0.4, -0.2) is 26.0 Å². The van der Waals surface area contributed by atoms with Crippen LogP contribution in [0.5, 0.6) is 0 Å². The second kappa shape index (κ2) is 9.26. The summed E-state index contributed by atoms with van der Waals surface area (Å²) in [5.74, 6) is 0.0103. The monoisotopic (exact) mass is 184 g/mol. The average Bonchev–Trinajstić information content (AvgIpc) is 2.11. The summed E-state index contributed by atoms with van der Waals surface area (Å²) < 4.78 is 0. The molecular formula is C10H20N2O. The first-order valence-corrected chi connectivity index (χ1v) is 4.86. The molecule has 2 N–H and O–H groups in total. The fourth-order valence-electron chi connectivity index (χ4n) is 1.03. The molecule has 0 fully saturated rings. The summed E-state index contributed by atoms with van der Waals surface area (Å²) in [4.78, 5) is 10.9.